The van der Waals surface area contributed by atoms with Gasteiger partial charge in [-0.2, -0.15) is 0 Å². The smallest absolute Gasteiger partial charge is 0.406 e. The van der Waals surface area contributed by atoms with Gasteiger partial charge in [0.25, 0.3) is 0 Å². The molecule has 0 aromatic rings. The first-order chi connectivity index (χ1) is 4.81. The molecule has 0 radical (unpaired) electrons. The molecule has 0 unspecified atom stereocenters. The summed E-state index contributed by atoms with van der Waals surface area (Å²) in [7, 11) is 1.54. The van der Waals surface area contributed by atoms with Crippen LogP contribution in [0.5, 0.6) is 0 Å². The van der Waals surface area contributed by atoms with Gasteiger partial charge in [0, 0.05) is 7.05 Å². The number of rotatable bonds is 2. The Morgan fingerprint density at radius 1 is 1.50 bits per heavy atom. The molecule has 10 heavy (non-hydrogen) atoms. The van der Waals surface area contributed by atoms with Crippen molar-refractivity contribution in [1.82, 2.24) is 5.32 Å². The highest BCUT2D eigenvalue weighted by Gasteiger charge is 1.91. The summed E-state index contributed by atoms with van der Waals surface area (Å²) >= 11 is 0. The third kappa shape index (κ3) is 10.3. The highest BCUT2D eigenvalue weighted by atomic mass is 16.5. The van der Waals surface area contributed by atoms with Crippen molar-refractivity contribution < 1.29 is 9.53 Å². The minimum atomic E-state index is -0.355. The molecule has 0 aromatic carbocycles. The second-order valence-corrected chi connectivity index (χ2v) is 1.39. The minimum absolute atomic E-state index is 0.355. The van der Waals surface area contributed by atoms with Crippen LogP contribution in [0.3, 0.4) is 0 Å². The van der Waals surface area contributed by atoms with E-state index in [4.69, 9.17) is 0 Å². The molecule has 0 atom stereocenters. The van der Waals surface area contributed by atoms with Gasteiger partial charge in [0.05, 0.1) is 6.61 Å². The third-order valence-corrected chi connectivity index (χ3v) is 0.641. The normalized spacial score (nSPS) is 7.20. The molecule has 62 valence electrons. The Morgan fingerprint density at radius 3 is 2.30 bits per heavy atom. The number of alkyl carbamates (subject to hydrolysis) is 1. The van der Waals surface area contributed by atoms with Crippen LogP contribution in [0.4, 0.5) is 4.79 Å². The minimum Gasteiger partial charge on any atom is -0.450 e. The van der Waals surface area contributed by atoms with Crippen molar-refractivity contribution in [1.29, 1.82) is 0 Å². The van der Waals surface area contributed by atoms with Gasteiger partial charge in [0.2, 0.25) is 0 Å². The van der Waals surface area contributed by atoms with Crippen LogP contribution in [0.2, 0.25) is 0 Å². The molecular weight excluding hydrogens is 130 g/mol. The molecule has 0 rings (SSSR count). The number of hydrogen-bond donors (Lipinski definition) is 1. The van der Waals surface area contributed by atoms with E-state index in [1.54, 1.807) is 0 Å². The Balaban J connectivity index is 0. The lowest BCUT2D eigenvalue weighted by atomic mass is 10.5. The number of carbonyl (C=O) groups is 1. The average Bonchev–Trinajstić information content (AvgIpc) is 2.04. The van der Waals surface area contributed by atoms with Gasteiger partial charge in [0.1, 0.15) is 0 Å². The van der Waals surface area contributed by atoms with Gasteiger partial charge in [-0.3, -0.25) is 0 Å². The molecule has 0 aliphatic heterocycles. The average molecular weight is 147 g/mol. The molecule has 0 aromatic heterocycles. The van der Waals surface area contributed by atoms with Gasteiger partial charge >= 0.3 is 6.09 Å². The quantitative estimate of drug-likeness (QED) is 0.646. The van der Waals surface area contributed by atoms with Crippen LogP contribution in [0, 0.1) is 0 Å². The SMILES string of the molecule is CC.CCCOC(=O)NC. The molecule has 0 fully saturated rings. The molecule has 0 saturated heterocycles. The van der Waals surface area contributed by atoms with Gasteiger partial charge in [-0.1, -0.05) is 20.8 Å². The van der Waals surface area contributed by atoms with Crippen LogP contribution >= 0.6 is 0 Å². The summed E-state index contributed by atoms with van der Waals surface area (Å²) in [5.41, 5.74) is 0. The molecule has 0 spiro atoms. The highest BCUT2D eigenvalue weighted by Crippen LogP contribution is 1.78. The first-order valence-electron chi connectivity index (χ1n) is 3.65. The highest BCUT2D eigenvalue weighted by molar-refractivity contribution is 5.66. The molecule has 0 bridgehead atoms. The summed E-state index contributed by atoms with van der Waals surface area (Å²) in [4.78, 5) is 10.2. The van der Waals surface area contributed by atoms with E-state index in [1.807, 2.05) is 20.8 Å². The van der Waals surface area contributed by atoms with Gasteiger partial charge in [0.15, 0.2) is 0 Å². The Morgan fingerprint density at radius 2 is 2.00 bits per heavy atom. The van der Waals surface area contributed by atoms with Crippen molar-refractivity contribution in [3.63, 3.8) is 0 Å². The van der Waals surface area contributed by atoms with Crippen molar-refractivity contribution in [2.75, 3.05) is 13.7 Å². The van der Waals surface area contributed by atoms with E-state index in [9.17, 15) is 4.79 Å². The van der Waals surface area contributed by atoms with Crippen molar-refractivity contribution in [2.45, 2.75) is 27.2 Å². The van der Waals surface area contributed by atoms with Gasteiger partial charge in [-0.05, 0) is 6.42 Å². The number of amides is 1. The zero-order valence-electron chi connectivity index (χ0n) is 7.23. The van der Waals surface area contributed by atoms with Crippen molar-refractivity contribution in [3.8, 4) is 0 Å². The van der Waals surface area contributed by atoms with Crippen molar-refractivity contribution >= 4 is 6.09 Å². The second-order valence-electron chi connectivity index (χ2n) is 1.39. The van der Waals surface area contributed by atoms with E-state index < -0.39 is 0 Å². The first-order valence-corrected chi connectivity index (χ1v) is 3.65. The molecule has 0 aliphatic carbocycles. The predicted octanol–water partition coefficient (Wildman–Crippen LogP) is 1.78. The van der Waals surface area contributed by atoms with E-state index in [2.05, 4.69) is 10.1 Å². The van der Waals surface area contributed by atoms with Gasteiger partial charge in [-0.25, -0.2) is 4.79 Å². The lowest BCUT2D eigenvalue weighted by Gasteiger charge is -1.98. The summed E-state index contributed by atoms with van der Waals surface area (Å²) in [5, 5.41) is 2.34. The molecular formula is C7H17NO2. The maximum absolute atomic E-state index is 10.2. The summed E-state index contributed by atoms with van der Waals surface area (Å²) in [6.45, 7) is 6.45. The molecule has 0 saturated carbocycles. The van der Waals surface area contributed by atoms with Crippen LogP contribution in [-0.4, -0.2) is 19.7 Å². The van der Waals surface area contributed by atoms with Crippen LogP contribution < -0.4 is 5.32 Å². The van der Waals surface area contributed by atoms with E-state index in [1.165, 1.54) is 7.05 Å². The van der Waals surface area contributed by atoms with Crippen LogP contribution in [0.15, 0.2) is 0 Å². The molecule has 0 heterocycles. The Kier molecular flexibility index (Phi) is 13.3. The summed E-state index contributed by atoms with van der Waals surface area (Å²) < 4.78 is 4.59. The molecule has 1 N–H and O–H groups in total. The second kappa shape index (κ2) is 11.1. The van der Waals surface area contributed by atoms with E-state index in [0.717, 1.165) is 6.42 Å². The molecule has 3 nitrogen and oxygen atoms in total. The Hall–Kier alpha value is -0.730. The molecule has 3 heteroatoms. The zero-order valence-corrected chi connectivity index (χ0v) is 7.23. The third-order valence-electron chi connectivity index (χ3n) is 0.641. The first kappa shape index (κ1) is 12.0. The summed E-state index contributed by atoms with van der Waals surface area (Å²) in [6.07, 6.45) is 0.514. The lowest BCUT2D eigenvalue weighted by molar-refractivity contribution is 0.148. The zero-order chi connectivity index (χ0) is 8.41. The fraction of sp³-hybridized carbons (Fsp3) is 0.857. The molecule has 1 amide bonds. The van der Waals surface area contributed by atoms with Crippen LogP contribution in [-0.2, 0) is 4.74 Å². The topological polar surface area (TPSA) is 38.3 Å². The monoisotopic (exact) mass is 147 g/mol. The van der Waals surface area contributed by atoms with Crippen molar-refractivity contribution in [2.24, 2.45) is 0 Å². The van der Waals surface area contributed by atoms with E-state index >= 15 is 0 Å². The largest absolute Gasteiger partial charge is 0.450 e. The fourth-order valence-corrected chi connectivity index (χ4v) is 0.267. The van der Waals surface area contributed by atoms with Crippen molar-refractivity contribution in [3.05, 3.63) is 0 Å². The van der Waals surface area contributed by atoms with Crippen LogP contribution in [0.25, 0.3) is 0 Å². The Bertz CT molecular complexity index is 74.0. The lowest BCUT2D eigenvalue weighted by Crippen LogP contribution is -2.19. The summed E-state index contributed by atoms with van der Waals surface area (Å²) in [6, 6.07) is 0. The standard InChI is InChI=1S/C5H11NO2.C2H6/c1-3-4-8-5(7)6-2;1-2/h3-4H2,1-2H3,(H,6,7);1-2H3. The number of carbonyl (C=O) groups excluding carboxylic acids is 1. The Labute approximate surface area is 62.8 Å². The predicted molar refractivity (Wildman–Crippen MR) is 42.0 cm³/mol. The fourth-order valence-electron chi connectivity index (χ4n) is 0.267. The number of ether oxygens (including phenoxy) is 1. The van der Waals surface area contributed by atoms with Gasteiger partial charge < -0.3 is 10.1 Å². The van der Waals surface area contributed by atoms with Crippen LogP contribution in [0.1, 0.15) is 27.2 Å². The number of nitrogens with one attached hydrogen (secondary N) is 1. The number of hydrogen-bond acceptors (Lipinski definition) is 2. The summed E-state index contributed by atoms with van der Waals surface area (Å²) in [5.74, 6) is 0. The van der Waals surface area contributed by atoms with E-state index in [0.29, 0.717) is 6.61 Å². The maximum Gasteiger partial charge on any atom is 0.406 e. The van der Waals surface area contributed by atoms with E-state index in [-0.39, 0.29) is 6.09 Å². The van der Waals surface area contributed by atoms with Gasteiger partial charge in [-0.15, -0.1) is 0 Å². The molecule has 0 aliphatic rings. The maximum atomic E-state index is 10.2.